The summed E-state index contributed by atoms with van der Waals surface area (Å²) in [5.41, 5.74) is 0.222. The normalized spacial score (nSPS) is 14.0. The van der Waals surface area contributed by atoms with E-state index in [-0.39, 0.29) is 17.4 Å². The number of pyridine rings is 1. The van der Waals surface area contributed by atoms with Gasteiger partial charge < -0.3 is 10.6 Å². The summed E-state index contributed by atoms with van der Waals surface area (Å²) in [4.78, 5) is 17.5. The van der Waals surface area contributed by atoms with E-state index in [4.69, 9.17) is 11.6 Å². The molecule has 0 saturated heterocycles. The lowest BCUT2D eigenvalue weighted by Crippen LogP contribution is -2.21. The summed E-state index contributed by atoms with van der Waals surface area (Å²) in [5, 5.41) is 20.7. The lowest BCUT2D eigenvalue weighted by Gasteiger charge is -2.15. The van der Waals surface area contributed by atoms with Gasteiger partial charge in [0, 0.05) is 11.8 Å². The Morgan fingerprint density at radius 1 is 1.24 bits per heavy atom. The Morgan fingerprint density at radius 3 is 2.70 bits per heavy atom. The zero-order valence-corrected chi connectivity index (χ0v) is 17.7. The molecule has 4 heterocycles. The zero-order chi connectivity index (χ0) is 23.3. The molecule has 0 atom stereocenters. The SMILES string of the molecule is Cn1nnc(-c2ncc(NC(=O)Nc3cnn4ccc(Cl)c4c3C3CC3)cc2C(F)(F)F)n1. The zero-order valence-electron chi connectivity index (χ0n) is 16.9. The number of urea groups is 1. The van der Waals surface area contributed by atoms with Crippen molar-refractivity contribution in [2.24, 2.45) is 7.05 Å². The topological polar surface area (TPSA) is 115 Å². The number of fused-ring (bicyclic) bond motifs is 1. The number of carbonyl (C=O) groups excluding carboxylic acids is 1. The molecule has 2 amide bonds. The Morgan fingerprint density at radius 2 is 2.03 bits per heavy atom. The van der Waals surface area contributed by atoms with Crippen molar-refractivity contribution in [2.45, 2.75) is 24.9 Å². The van der Waals surface area contributed by atoms with Gasteiger partial charge in [0.15, 0.2) is 0 Å². The third-order valence-corrected chi connectivity index (χ3v) is 5.38. The molecule has 33 heavy (non-hydrogen) atoms. The second-order valence-corrected chi connectivity index (χ2v) is 7.91. The fourth-order valence-corrected chi connectivity index (χ4v) is 3.78. The molecule has 14 heteroatoms. The molecule has 0 spiro atoms. The summed E-state index contributed by atoms with van der Waals surface area (Å²) in [6.45, 7) is 0. The van der Waals surface area contributed by atoms with Gasteiger partial charge in [0.05, 0.1) is 46.9 Å². The summed E-state index contributed by atoms with van der Waals surface area (Å²) >= 11 is 6.29. The van der Waals surface area contributed by atoms with Crippen molar-refractivity contribution >= 4 is 34.5 Å². The summed E-state index contributed by atoms with van der Waals surface area (Å²) < 4.78 is 42.5. The largest absolute Gasteiger partial charge is 0.418 e. The summed E-state index contributed by atoms with van der Waals surface area (Å²) in [7, 11) is 1.42. The van der Waals surface area contributed by atoms with E-state index in [0.29, 0.717) is 16.2 Å². The lowest BCUT2D eigenvalue weighted by molar-refractivity contribution is -0.137. The van der Waals surface area contributed by atoms with Gasteiger partial charge in [-0.25, -0.2) is 14.3 Å². The molecule has 2 N–H and O–H groups in total. The molecule has 1 saturated carbocycles. The van der Waals surface area contributed by atoms with Crippen LogP contribution in [0.2, 0.25) is 5.02 Å². The summed E-state index contributed by atoms with van der Waals surface area (Å²) in [6, 6.07) is 1.73. The van der Waals surface area contributed by atoms with Gasteiger partial charge in [-0.05, 0) is 36.1 Å². The van der Waals surface area contributed by atoms with Crippen molar-refractivity contribution in [2.75, 3.05) is 10.6 Å². The Hall–Kier alpha value is -3.74. The second-order valence-electron chi connectivity index (χ2n) is 7.50. The molecular weight excluding hydrogens is 463 g/mol. The number of aromatic nitrogens is 7. The van der Waals surface area contributed by atoms with E-state index >= 15 is 0 Å². The number of carbonyl (C=O) groups is 1. The molecule has 0 bridgehead atoms. The van der Waals surface area contributed by atoms with Crippen LogP contribution in [0.1, 0.15) is 29.9 Å². The molecule has 1 aliphatic carbocycles. The first-order chi connectivity index (χ1) is 15.7. The van der Waals surface area contributed by atoms with Crippen molar-refractivity contribution in [3.8, 4) is 11.5 Å². The monoisotopic (exact) mass is 477 g/mol. The molecule has 0 aliphatic heterocycles. The van der Waals surface area contributed by atoms with Crippen molar-refractivity contribution < 1.29 is 18.0 Å². The quantitative estimate of drug-likeness (QED) is 0.457. The van der Waals surface area contributed by atoms with Gasteiger partial charge in [0.2, 0.25) is 5.82 Å². The Labute approximate surface area is 188 Å². The molecular formula is C19H15ClF3N9O. The maximum absolute atomic E-state index is 13.6. The van der Waals surface area contributed by atoms with E-state index in [2.05, 4.69) is 36.1 Å². The minimum Gasteiger partial charge on any atom is -0.306 e. The highest BCUT2D eigenvalue weighted by atomic mass is 35.5. The number of nitrogens with zero attached hydrogens (tertiary/aromatic N) is 7. The van der Waals surface area contributed by atoms with E-state index in [9.17, 15) is 18.0 Å². The van der Waals surface area contributed by atoms with Crippen LogP contribution in [0.25, 0.3) is 17.0 Å². The van der Waals surface area contributed by atoms with Gasteiger partial charge >= 0.3 is 12.2 Å². The summed E-state index contributed by atoms with van der Waals surface area (Å²) in [5.74, 6) is -0.0613. The molecule has 4 aromatic heterocycles. The third kappa shape index (κ3) is 4.06. The van der Waals surface area contributed by atoms with Crippen LogP contribution in [0.5, 0.6) is 0 Å². The number of hydrogen-bond donors (Lipinski definition) is 2. The second kappa shape index (κ2) is 7.69. The number of aryl methyl sites for hydroxylation is 1. The molecule has 0 radical (unpaired) electrons. The van der Waals surface area contributed by atoms with E-state index in [1.54, 1.807) is 16.8 Å². The Kier molecular flexibility index (Phi) is 4.92. The standard InChI is InChI=1S/C19H15ClF3N9O/c1-31-29-17(28-30-31)15-11(19(21,22)23)6-10(7-24-15)26-18(33)27-13-8-25-32-5-4-12(20)16(32)14(13)9-2-3-9/h4-9H,2-3H2,1H3,(H2,26,27,33). The average Bonchev–Trinajstić information content (AvgIpc) is 3.40. The van der Waals surface area contributed by atoms with Crippen LogP contribution in [-0.2, 0) is 13.2 Å². The molecule has 4 aromatic rings. The van der Waals surface area contributed by atoms with E-state index in [1.165, 1.54) is 13.2 Å². The van der Waals surface area contributed by atoms with Gasteiger partial charge in [0.25, 0.3) is 0 Å². The number of nitrogens with one attached hydrogen (secondary N) is 2. The van der Waals surface area contributed by atoms with Crippen molar-refractivity contribution in [1.82, 2.24) is 34.8 Å². The number of tetrazole rings is 1. The maximum atomic E-state index is 13.6. The van der Waals surface area contributed by atoms with Crippen LogP contribution in [-0.4, -0.2) is 40.8 Å². The minimum absolute atomic E-state index is 0.157. The number of anilines is 2. The highest BCUT2D eigenvalue weighted by Crippen LogP contribution is 2.46. The fourth-order valence-electron chi connectivity index (χ4n) is 3.54. The predicted octanol–water partition coefficient (Wildman–Crippen LogP) is 4.11. The fraction of sp³-hybridized carbons (Fsp3) is 0.263. The average molecular weight is 478 g/mol. The number of halogens is 4. The first kappa shape index (κ1) is 21.1. The van der Waals surface area contributed by atoms with Gasteiger partial charge in [-0.1, -0.05) is 11.6 Å². The number of hydrogen-bond acceptors (Lipinski definition) is 6. The van der Waals surface area contributed by atoms with Gasteiger partial charge in [-0.2, -0.15) is 23.1 Å². The van der Waals surface area contributed by atoms with E-state index in [0.717, 1.165) is 35.5 Å². The smallest absolute Gasteiger partial charge is 0.306 e. The highest BCUT2D eigenvalue weighted by molar-refractivity contribution is 6.34. The van der Waals surface area contributed by atoms with Gasteiger partial charge in [-0.3, -0.25) is 0 Å². The van der Waals surface area contributed by atoms with Crippen LogP contribution in [0, 0.1) is 0 Å². The molecule has 1 aliphatic rings. The number of alkyl halides is 3. The first-order valence-electron chi connectivity index (χ1n) is 9.76. The number of amides is 2. The van der Waals surface area contributed by atoms with Crippen molar-refractivity contribution in [3.05, 3.63) is 46.9 Å². The van der Waals surface area contributed by atoms with Crippen LogP contribution >= 0.6 is 11.6 Å². The van der Waals surface area contributed by atoms with Crippen molar-refractivity contribution in [1.29, 1.82) is 0 Å². The Balaban J connectivity index is 1.43. The predicted molar refractivity (Wildman–Crippen MR) is 112 cm³/mol. The molecule has 10 nitrogen and oxygen atoms in total. The van der Waals surface area contributed by atoms with E-state index < -0.39 is 23.5 Å². The lowest BCUT2D eigenvalue weighted by atomic mass is 10.1. The van der Waals surface area contributed by atoms with Crippen molar-refractivity contribution in [3.63, 3.8) is 0 Å². The van der Waals surface area contributed by atoms with Crippen LogP contribution in [0.15, 0.2) is 30.7 Å². The van der Waals surface area contributed by atoms with Gasteiger partial charge in [-0.15, -0.1) is 10.2 Å². The van der Waals surface area contributed by atoms with Crippen LogP contribution in [0.3, 0.4) is 0 Å². The highest BCUT2D eigenvalue weighted by Gasteiger charge is 2.36. The molecule has 5 rings (SSSR count). The molecule has 0 unspecified atom stereocenters. The Bertz CT molecular complexity index is 1380. The molecule has 0 aromatic carbocycles. The summed E-state index contributed by atoms with van der Waals surface area (Å²) in [6.07, 6.45) is 1.41. The maximum Gasteiger partial charge on any atom is 0.418 e. The van der Waals surface area contributed by atoms with Crippen LogP contribution < -0.4 is 10.6 Å². The first-order valence-corrected chi connectivity index (χ1v) is 10.1. The van der Waals surface area contributed by atoms with E-state index in [1.807, 2.05) is 0 Å². The molecule has 1 fully saturated rings. The molecule has 170 valence electrons. The number of rotatable bonds is 4. The third-order valence-electron chi connectivity index (χ3n) is 5.08. The van der Waals surface area contributed by atoms with Gasteiger partial charge in [0.1, 0.15) is 5.69 Å². The van der Waals surface area contributed by atoms with Crippen LogP contribution in [0.4, 0.5) is 29.3 Å². The minimum atomic E-state index is -4.75.